The normalized spacial score (nSPS) is 22.6. The number of halogens is 3. The van der Waals surface area contributed by atoms with Gasteiger partial charge in [-0.1, -0.05) is 97.1 Å². The fourth-order valence-corrected chi connectivity index (χ4v) is 17.9. The quantitative estimate of drug-likeness (QED) is 0.00753. The van der Waals surface area contributed by atoms with Gasteiger partial charge in [0.05, 0.1) is 70.9 Å². The second-order valence-electron chi connectivity index (χ2n) is 25.0. The number of ketones is 2. The van der Waals surface area contributed by atoms with Crippen molar-refractivity contribution in [2.24, 2.45) is 0 Å². The van der Waals surface area contributed by atoms with Crippen molar-refractivity contribution in [3.05, 3.63) is 223 Å². The number of hydrogen-bond acceptors (Lipinski definition) is 29. The molecule has 7 N–H and O–H groups in total. The van der Waals surface area contributed by atoms with Crippen molar-refractivity contribution in [1.29, 1.82) is 0 Å². The van der Waals surface area contributed by atoms with Gasteiger partial charge in [0, 0.05) is 55.9 Å². The number of Topliss-reactive ketones (excluding diaryl/α,β-unsaturated/α-hetero) is 2. The molecule has 115 heavy (non-hydrogen) atoms. The summed E-state index contributed by atoms with van der Waals surface area (Å²) in [4.78, 5) is 165. The van der Waals surface area contributed by atoms with Crippen LogP contribution in [0.5, 0.6) is 0 Å². The molecule has 3 saturated heterocycles. The number of amides is 2. The lowest BCUT2D eigenvalue weighted by Crippen LogP contribution is -2.37. The lowest BCUT2D eigenvalue weighted by Gasteiger charge is -2.24. The molecule has 4 unspecified atom stereocenters. The highest BCUT2D eigenvalue weighted by Crippen LogP contribution is 2.52. The Labute approximate surface area is 667 Å². The van der Waals surface area contributed by atoms with Gasteiger partial charge in [-0.15, -0.1) is 35.3 Å². The molecule has 4 aromatic carbocycles. The number of hydrogen-bond donors (Lipinski definition) is 6. The minimum Gasteiger partial charge on any atom is -0.454 e. The van der Waals surface area contributed by atoms with Gasteiger partial charge in [0.15, 0.2) is 42.3 Å². The average molecular weight is 1720 g/mol. The number of alkyl halides is 3. The number of aliphatic hydroxyl groups is 1. The molecule has 622 valence electrons. The zero-order valence-corrected chi connectivity index (χ0v) is 67.3. The molecule has 0 aliphatic carbocycles. The number of carbonyl (C=O) groups is 6. The van der Waals surface area contributed by atoms with E-state index in [-0.39, 0.29) is 52.7 Å². The zero-order chi connectivity index (χ0) is 84.1. The molecule has 10 rings (SSSR count). The summed E-state index contributed by atoms with van der Waals surface area (Å²) >= 11 is 2.48. The molecule has 35 nitrogen and oxygen atoms in total. The monoisotopic (exact) mass is 1720 g/mol. The molecule has 0 bridgehead atoms. The fourth-order valence-electron chi connectivity index (χ4n) is 11.2. The number of nitrogens with zero attached hydrogens (tertiary/aromatic N) is 8. The van der Waals surface area contributed by atoms with Crippen molar-refractivity contribution in [2.45, 2.75) is 136 Å². The van der Waals surface area contributed by atoms with Crippen LogP contribution in [-0.4, -0.2) is 210 Å². The van der Waals surface area contributed by atoms with Gasteiger partial charge in [-0.05, 0) is 84.0 Å². The summed E-state index contributed by atoms with van der Waals surface area (Å²) in [6.07, 6.45) is -11.2. The maximum atomic E-state index is 16.1. The second kappa shape index (κ2) is 42.4. The summed E-state index contributed by atoms with van der Waals surface area (Å²) in [5.74, 6) is -2.23. The third-order valence-corrected chi connectivity index (χ3v) is 24.1. The number of aliphatic hydroxyl groups excluding tert-OH is 1. The summed E-state index contributed by atoms with van der Waals surface area (Å²) in [6, 6.07) is 36.7. The van der Waals surface area contributed by atoms with Gasteiger partial charge in [-0.3, -0.25) is 36.9 Å². The number of aromatic nitrogens is 6. The minimum atomic E-state index is -4.89. The summed E-state index contributed by atoms with van der Waals surface area (Å²) in [5, 5.41) is 3.39. The van der Waals surface area contributed by atoms with E-state index in [0.29, 0.717) is 37.3 Å². The Bertz CT molecular complexity index is 4800. The standard InChI is InChI=1S/C31H35FN3O10PS.C24H22FN2O8PS.C16H26FN4O8PS/c1-4-34(5-2)31(39)43-20(3)45-46(40,41)42-19-25-27(44-29(37)22-14-10-7-11-15-22)26(32)28(47-25)35-17-16-23(33-30(35)38)18-24(36)21-12-8-6-9-13-21;25-20-21(35-23(29)16-9-5-2-6-10-16)19(14-34-36(31,32)33)37-22(20)27-12-11-17(26-24(27)30)13-18(28)15-7-3-1-4-8-15;1-4-20(5-2)16(24)28-9(3)29-30(25,26)27-8-10-13(22)12(17)14(31-10)21-7-6-11(18)19-15(21)23/h6-17,20,25-28H,4-5,18-19H2,1-3H3,(H,40,41);1-12,19-22H,13-14H2,(H2,31,32,33);6-7,9-10,12-14,22H,4-5,8H2,1-3H3,(H,25,26)(H2,18,19,23)/t20?,25-,26+,27-,28-;19-,20+,21-,22-;9?,10-,12+,13-,14-/m111/s1. The number of nitrogen functional groups attached to an aromatic ring is 1. The van der Waals surface area contributed by atoms with Gasteiger partial charge >= 0.3 is 64.7 Å². The number of thioether (sulfide) groups is 3. The summed E-state index contributed by atoms with van der Waals surface area (Å²) in [6.45, 7) is 9.00. The van der Waals surface area contributed by atoms with E-state index in [2.05, 4.69) is 19.5 Å². The van der Waals surface area contributed by atoms with Crippen LogP contribution in [0.15, 0.2) is 173 Å². The molecule has 3 aliphatic heterocycles. The van der Waals surface area contributed by atoms with Crippen LogP contribution in [-0.2, 0) is 68.1 Å². The van der Waals surface area contributed by atoms with Crippen molar-refractivity contribution in [3.8, 4) is 0 Å². The smallest absolute Gasteiger partial charge is 0.454 e. The van der Waals surface area contributed by atoms with Gasteiger partial charge in [-0.25, -0.2) is 69.5 Å². The number of carbonyl (C=O) groups excluding carboxylic acids is 6. The third kappa shape index (κ3) is 26.4. The zero-order valence-electron chi connectivity index (χ0n) is 62.1. The van der Waals surface area contributed by atoms with E-state index in [4.69, 9.17) is 52.6 Å². The van der Waals surface area contributed by atoms with Crippen molar-refractivity contribution in [2.75, 3.05) is 51.7 Å². The Hall–Kier alpha value is -8.73. The second-order valence-corrected chi connectivity index (χ2v) is 33.1. The first-order valence-corrected chi connectivity index (χ1v) is 42.6. The van der Waals surface area contributed by atoms with E-state index in [9.17, 15) is 76.1 Å². The van der Waals surface area contributed by atoms with E-state index >= 15 is 8.78 Å². The Morgan fingerprint density at radius 1 is 0.478 bits per heavy atom. The molecule has 44 heteroatoms. The molecule has 0 radical (unpaired) electrons. The van der Waals surface area contributed by atoms with E-state index in [1.54, 1.807) is 125 Å². The first-order chi connectivity index (χ1) is 54.5. The fraction of sp³-hybridized carbons (Fsp3) is 0.408. The SMILES string of the molecule is CCN(CC)C(=O)OC(C)OP(=O)(O)OC[C@H]1S[C@@H](n2ccc(CC(=O)c3ccccc3)nc2=O)[C@@H](F)[C@@H]1OC(=O)c1ccccc1.CCN(CC)C(=O)OC(C)OP(=O)(O)OC[C@H]1S[C@@H](n2ccc(N)nc2=O)[C@@H](F)[C@@H]1O.O=C(Cc1ccn([C@@H]2S[C@H](COP(=O)(O)O)[C@@H](OC(=O)c3ccccc3)[C@@H]2F)c(=O)n1)c1ccccc1. The topological polar surface area (TPSA) is 475 Å². The van der Waals surface area contributed by atoms with Crippen molar-refractivity contribution in [3.63, 3.8) is 0 Å². The van der Waals surface area contributed by atoms with Gasteiger partial charge in [0.1, 0.15) is 28.0 Å². The van der Waals surface area contributed by atoms with E-state index in [0.717, 1.165) is 49.0 Å². The third-order valence-electron chi connectivity index (χ3n) is 17.0. The number of anilines is 1. The Kier molecular flexibility index (Phi) is 33.9. The molecule has 3 aliphatic rings. The molecule has 6 heterocycles. The lowest BCUT2D eigenvalue weighted by molar-refractivity contribution is -0.0533. The molecule has 0 saturated carbocycles. The van der Waals surface area contributed by atoms with Crippen LogP contribution in [0.3, 0.4) is 0 Å². The Balaban J connectivity index is 0.000000221. The number of rotatable bonds is 32. The van der Waals surface area contributed by atoms with E-state index < -0.39 is 166 Å². The van der Waals surface area contributed by atoms with Crippen LogP contribution < -0.4 is 22.8 Å². The van der Waals surface area contributed by atoms with E-state index in [1.165, 1.54) is 84.7 Å². The van der Waals surface area contributed by atoms with Crippen molar-refractivity contribution < 1.29 is 122 Å². The largest absolute Gasteiger partial charge is 0.475 e. The highest BCUT2D eigenvalue weighted by molar-refractivity contribution is 8.00. The predicted octanol–water partition coefficient (Wildman–Crippen LogP) is 8.86. The van der Waals surface area contributed by atoms with E-state index in [1.807, 2.05) is 0 Å². The maximum absolute atomic E-state index is 16.1. The highest BCUT2D eigenvalue weighted by atomic mass is 32.2. The number of phosphoric acid groups is 3. The summed E-state index contributed by atoms with van der Waals surface area (Å²) in [5.41, 5.74) is 4.51. The van der Waals surface area contributed by atoms with Crippen molar-refractivity contribution in [1.82, 2.24) is 38.5 Å². The van der Waals surface area contributed by atoms with Crippen LogP contribution in [0.1, 0.15) is 110 Å². The van der Waals surface area contributed by atoms with Gasteiger partial charge in [0.2, 0.25) is 12.6 Å². The summed E-state index contributed by atoms with van der Waals surface area (Å²) < 4.78 is 130. The minimum absolute atomic E-state index is 0.0331. The van der Waals surface area contributed by atoms with Gasteiger partial charge < -0.3 is 59.2 Å². The molecule has 2 amide bonds. The predicted molar refractivity (Wildman–Crippen MR) is 412 cm³/mol. The Morgan fingerprint density at radius 3 is 1.15 bits per heavy atom. The summed E-state index contributed by atoms with van der Waals surface area (Å²) in [7, 11) is -14.5. The van der Waals surface area contributed by atoms with Crippen molar-refractivity contribution >= 4 is 100 Å². The molecule has 7 aromatic rings. The Morgan fingerprint density at radius 2 is 0.800 bits per heavy atom. The number of phosphoric ester groups is 3. The average Bonchev–Trinajstić information content (AvgIpc) is 1.77. The number of ether oxygens (including phenoxy) is 4. The van der Waals surface area contributed by atoms with Gasteiger partial charge in [0.25, 0.3) is 0 Å². The number of esters is 2. The van der Waals surface area contributed by atoms with Crippen LogP contribution in [0.4, 0.5) is 28.6 Å². The first-order valence-electron chi connectivity index (χ1n) is 35.2. The number of benzene rings is 4. The van der Waals surface area contributed by atoms with Crippen LogP contribution in [0, 0.1) is 0 Å². The highest BCUT2D eigenvalue weighted by Gasteiger charge is 2.52. The molecule has 16 atom stereocenters. The first kappa shape index (κ1) is 91.8. The van der Waals surface area contributed by atoms with Crippen LogP contribution in [0.2, 0.25) is 0 Å². The maximum Gasteiger partial charge on any atom is 0.475 e. The number of nitrogens with two attached hydrogens (primary N) is 1. The molecule has 3 aromatic heterocycles. The molecular formula is C71H83F3N9O26P3S3. The molecule has 3 fully saturated rings. The lowest BCUT2D eigenvalue weighted by atomic mass is 10.1. The van der Waals surface area contributed by atoms with Crippen LogP contribution in [0.25, 0.3) is 0 Å². The molecular weight excluding hydrogens is 1640 g/mol. The van der Waals surface area contributed by atoms with Gasteiger partial charge in [-0.2, -0.15) is 15.0 Å². The van der Waals surface area contributed by atoms with Crippen LogP contribution >= 0.6 is 58.8 Å². The molecule has 0 spiro atoms.